The van der Waals surface area contributed by atoms with Gasteiger partial charge in [-0.25, -0.2) is 0 Å². The third kappa shape index (κ3) is 3.00. The van der Waals surface area contributed by atoms with Crippen LogP contribution in [0.3, 0.4) is 0 Å². The molecule has 2 saturated heterocycles. The molecule has 0 aromatic rings. The molecule has 4 heteroatoms. The van der Waals surface area contributed by atoms with Gasteiger partial charge < -0.3 is 15.3 Å². The van der Waals surface area contributed by atoms with Crippen LogP contribution in [0.15, 0.2) is 0 Å². The number of piperidine rings is 2. The smallest absolute Gasteiger partial charge is 0.0805 e. The Morgan fingerprint density at radius 1 is 0.742 bits per heavy atom. The normalized spacial score (nSPS) is 61.5. The van der Waals surface area contributed by atoms with Gasteiger partial charge in [0, 0.05) is 19.1 Å². The molecule has 2 aliphatic heterocycles. The molecule has 4 nitrogen and oxygen atoms in total. The van der Waals surface area contributed by atoms with Gasteiger partial charge in [-0.1, -0.05) is 13.8 Å². The van der Waals surface area contributed by atoms with Crippen LogP contribution >= 0.6 is 0 Å². The molecule has 31 heavy (non-hydrogen) atoms. The van der Waals surface area contributed by atoms with Crippen LogP contribution in [0.25, 0.3) is 0 Å². The number of aliphatic hydroxyl groups excluding tert-OH is 2. The van der Waals surface area contributed by atoms with Crippen LogP contribution in [0.1, 0.15) is 78.6 Å². The van der Waals surface area contributed by atoms with Crippen molar-refractivity contribution in [1.29, 1.82) is 0 Å². The van der Waals surface area contributed by atoms with E-state index in [4.69, 9.17) is 0 Å². The largest absolute Gasteiger partial charge is 0.393 e. The summed E-state index contributed by atoms with van der Waals surface area (Å²) in [5.41, 5.74) is -0.365. The van der Waals surface area contributed by atoms with Crippen molar-refractivity contribution in [3.05, 3.63) is 0 Å². The lowest BCUT2D eigenvalue weighted by molar-refractivity contribution is -0.176. The number of aliphatic hydroxyl groups is 3. The second kappa shape index (κ2) is 7.17. The summed E-state index contributed by atoms with van der Waals surface area (Å²) in [6.07, 6.45) is 9.43. The molecule has 4 aliphatic carbocycles. The monoisotopic (exact) mass is 431 g/mol. The van der Waals surface area contributed by atoms with Gasteiger partial charge in [0.2, 0.25) is 0 Å². The van der Waals surface area contributed by atoms with Gasteiger partial charge in [-0.15, -0.1) is 0 Å². The average Bonchev–Trinajstić information content (AvgIpc) is 3.09. The summed E-state index contributed by atoms with van der Waals surface area (Å²) in [4.78, 5) is 2.68. The van der Waals surface area contributed by atoms with Crippen LogP contribution in [-0.2, 0) is 0 Å². The van der Waals surface area contributed by atoms with Gasteiger partial charge in [0.15, 0.2) is 0 Å². The topological polar surface area (TPSA) is 63.9 Å². The summed E-state index contributed by atoms with van der Waals surface area (Å²) >= 11 is 0. The minimum Gasteiger partial charge on any atom is -0.393 e. The van der Waals surface area contributed by atoms with E-state index >= 15 is 0 Å². The molecule has 0 amide bonds. The third-order valence-electron chi connectivity index (χ3n) is 12.0. The Labute approximate surface area is 188 Å². The molecule has 6 aliphatic rings. The van der Waals surface area contributed by atoms with Gasteiger partial charge in [-0.05, 0) is 117 Å². The lowest BCUT2D eigenvalue weighted by Gasteiger charge is -2.60. The van der Waals surface area contributed by atoms with Crippen LogP contribution in [0, 0.1) is 52.8 Å². The van der Waals surface area contributed by atoms with E-state index in [0.717, 1.165) is 50.5 Å². The summed E-state index contributed by atoms with van der Waals surface area (Å²) < 4.78 is 0. The van der Waals surface area contributed by atoms with E-state index in [1.54, 1.807) is 0 Å². The molecule has 0 aromatic heterocycles. The maximum atomic E-state index is 11.8. The molecule has 3 N–H and O–H groups in total. The highest BCUT2D eigenvalue weighted by molar-refractivity contribution is 5.14. The minimum absolute atomic E-state index is 0.188. The van der Waals surface area contributed by atoms with Gasteiger partial charge in [0.25, 0.3) is 0 Å². The Morgan fingerprint density at radius 3 is 2.35 bits per heavy atom. The summed E-state index contributed by atoms with van der Waals surface area (Å²) in [5.74, 6) is 4.89. The number of hydrogen-bond donors (Lipinski definition) is 3. The predicted molar refractivity (Wildman–Crippen MR) is 121 cm³/mol. The average molecular weight is 432 g/mol. The first-order chi connectivity index (χ1) is 14.7. The van der Waals surface area contributed by atoms with Crippen LogP contribution in [0.2, 0.25) is 0 Å². The number of nitrogens with zero attached hydrogens (tertiary/aromatic N) is 1. The van der Waals surface area contributed by atoms with Gasteiger partial charge in [0.1, 0.15) is 0 Å². The van der Waals surface area contributed by atoms with Gasteiger partial charge in [-0.3, -0.25) is 4.90 Å². The molecule has 0 radical (unpaired) electrons. The quantitative estimate of drug-likeness (QED) is 0.547. The Hall–Kier alpha value is -0.160. The zero-order valence-electron chi connectivity index (χ0n) is 19.9. The molecule has 0 spiro atoms. The maximum absolute atomic E-state index is 11.8. The second-order valence-corrected chi connectivity index (χ2v) is 13.4. The fourth-order valence-corrected chi connectivity index (χ4v) is 10.6. The predicted octanol–water partition coefficient (Wildman–Crippen LogP) is 3.68. The highest BCUT2D eigenvalue weighted by Crippen LogP contribution is 2.67. The van der Waals surface area contributed by atoms with Crippen LogP contribution in [0.4, 0.5) is 0 Å². The second-order valence-electron chi connectivity index (χ2n) is 13.4. The van der Waals surface area contributed by atoms with Gasteiger partial charge >= 0.3 is 0 Å². The lowest BCUT2D eigenvalue weighted by Crippen LogP contribution is -2.67. The molecular formula is C27H45NO3. The maximum Gasteiger partial charge on any atom is 0.0805 e. The first-order valence-electron chi connectivity index (χ1n) is 13.5. The van der Waals surface area contributed by atoms with Crippen LogP contribution in [-0.4, -0.2) is 57.2 Å². The lowest BCUT2D eigenvalue weighted by atomic mass is 9.51. The molecule has 176 valence electrons. The molecule has 2 heterocycles. The highest BCUT2D eigenvalue weighted by atomic mass is 16.3. The van der Waals surface area contributed by atoms with E-state index < -0.39 is 5.60 Å². The number of rotatable bonds is 0. The molecule has 13 atom stereocenters. The number of fused-ring (bicyclic) bond motifs is 8. The summed E-state index contributed by atoms with van der Waals surface area (Å²) in [7, 11) is 0. The Kier molecular flexibility index (Phi) is 4.94. The zero-order chi connectivity index (χ0) is 21.7. The van der Waals surface area contributed by atoms with E-state index in [0.29, 0.717) is 35.6 Å². The van der Waals surface area contributed by atoms with Crippen molar-refractivity contribution in [2.75, 3.05) is 13.1 Å². The first kappa shape index (κ1) is 21.4. The molecule has 0 bridgehead atoms. The van der Waals surface area contributed by atoms with Gasteiger partial charge in [0.05, 0.1) is 17.8 Å². The van der Waals surface area contributed by atoms with E-state index in [1.165, 1.54) is 32.2 Å². The summed E-state index contributed by atoms with van der Waals surface area (Å²) in [5, 5.41) is 33.3. The van der Waals surface area contributed by atoms with Crippen molar-refractivity contribution < 1.29 is 15.3 Å². The van der Waals surface area contributed by atoms with E-state index in [2.05, 4.69) is 25.7 Å². The molecule has 4 saturated carbocycles. The Morgan fingerprint density at radius 2 is 1.55 bits per heavy atom. The van der Waals surface area contributed by atoms with E-state index in [1.807, 2.05) is 0 Å². The molecule has 6 fully saturated rings. The van der Waals surface area contributed by atoms with Crippen molar-refractivity contribution in [1.82, 2.24) is 4.90 Å². The number of hydrogen-bond acceptors (Lipinski definition) is 4. The van der Waals surface area contributed by atoms with Crippen molar-refractivity contribution in [2.24, 2.45) is 52.8 Å². The van der Waals surface area contributed by atoms with Crippen molar-refractivity contribution >= 4 is 0 Å². The van der Waals surface area contributed by atoms with Gasteiger partial charge in [-0.2, -0.15) is 0 Å². The summed E-state index contributed by atoms with van der Waals surface area (Å²) in [6, 6.07) is 0.355. The molecule has 6 rings (SSSR count). The SMILES string of the molecule is C[C@@H]1CC[C@H]2N(C1)C[C@H]1[C@H]3C[C@@H]4[C@H](C[C@H](O)[C@H]5C[C@@H](O)CC[C@]45C)[C@@H]3CC[C@H]1[C@]2(C)O. The minimum atomic E-state index is -0.553. The standard InChI is InChI=1S/C27H45NO3/c1-15-4-7-25-27(3,31)21-6-5-17-18(20(21)14-28(25)13-15)11-22-19(17)12-24(30)23-10-16(29)8-9-26(22,23)2/h15-25,29-31H,4-14H2,1-3H3/t15-,16+,17-,18+,19-,20+,21-,22-,23-,24+,25-,26-,27+/m1/s1. The van der Waals surface area contributed by atoms with E-state index in [-0.39, 0.29) is 23.5 Å². The fraction of sp³-hybridized carbons (Fsp3) is 1.00. The molecular weight excluding hydrogens is 386 g/mol. The third-order valence-corrected chi connectivity index (χ3v) is 12.0. The van der Waals surface area contributed by atoms with Crippen molar-refractivity contribution in [3.8, 4) is 0 Å². The summed E-state index contributed by atoms with van der Waals surface area (Å²) in [6.45, 7) is 9.36. The fourth-order valence-electron chi connectivity index (χ4n) is 10.6. The molecule has 0 unspecified atom stereocenters. The Balaban J connectivity index is 1.30. The molecule has 0 aromatic carbocycles. The van der Waals surface area contributed by atoms with Crippen LogP contribution in [0.5, 0.6) is 0 Å². The van der Waals surface area contributed by atoms with Crippen molar-refractivity contribution in [2.45, 2.75) is 102 Å². The zero-order valence-corrected chi connectivity index (χ0v) is 19.9. The highest BCUT2D eigenvalue weighted by Gasteiger charge is 2.64. The van der Waals surface area contributed by atoms with Crippen LogP contribution < -0.4 is 0 Å². The Bertz CT molecular complexity index is 711. The van der Waals surface area contributed by atoms with E-state index in [9.17, 15) is 15.3 Å². The van der Waals surface area contributed by atoms with Crippen molar-refractivity contribution in [3.63, 3.8) is 0 Å². The first-order valence-corrected chi connectivity index (χ1v) is 13.5.